The van der Waals surface area contributed by atoms with Crippen LogP contribution in [0.3, 0.4) is 0 Å². The molecule has 0 amide bonds. The number of hydrogen-bond acceptors (Lipinski definition) is 4. The fraction of sp³-hybridized carbons (Fsp3) is 1.00. The van der Waals surface area contributed by atoms with Crippen LogP contribution in [-0.2, 0) is 0 Å². The van der Waals surface area contributed by atoms with Gasteiger partial charge in [0.25, 0.3) is 0 Å². The lowest BCUT2D eigenvalue weighted by Gasteiger charge is -1.94. The molecular formula is C7H19NO3. The molecule has 0 bridgehead atoms. The summed E-state index contributed by atoms with van der Waals surface area (Å²) < 4.78 is 0. The number of aliphatic hydroxyl groups is 3. The smallest absolute Gasteiger partial charge is 0.0555 e. The van der Waals surface area contributed by atoms with E-state index in [0.717, 1.165) is 6.42 Å². The Morgan fingerprint density at radius 3 is 1.45 bits per heavy atom. The van der Waals surface area contributed by atoms with Crippen LogP contribution in [0.4, 0.5) is 0 Å². The maximum atomic E-state index is 8.15. The molecule has 0 saturated heterocycles. The molecule has 0 radical (unpaired) electrons. The van der Waals surface area contributed by atoms with Crippen molar-refractivity contribution in [3.8, 4) is 0 Å². The van der Waals surface area contributed by atoms with E-state index in [4.69, 9.17) is 15.3 Å². The molecule has 0 rings (SSSR count). The van der Waals surface area contributed by atoms with Gasteiger partial charge in [-0.05, 0) is 6.42 Å². The van der Waals surface area contributed by atoms with Gasteiger partial charge in [-0.25, -0.2) is 0 Å². The van der Waals surface area contributed by atoms with Crippen molar-refractivity contribution >= 4 is 0 Å². The number of aliphatic hydroxyl groups excluding tert-OH is 3. The molecule has 0 saturated carbocycles. The molecule has 0 aromatic heterocycles. The lowest BCUT2D eigenvalue weighted by Crippen LogP contribution is -2.21. The van der Waals surface area contributed by atoms with Crippen LogP contribution in [0.5, 0.6) is 0 Å². The first-order valence-corrected chi connectivity index (χ1v) is 3.86. The first-order valence-electron chi connectivity index (χ1n) is 3.86. The molecule has 0 aliphatic carbocycles. The minimum absolute atomic E-state index is 0.139. The zero-order valence-electron chi connectivity index (χ0n) is 7.08. The normalized spacial score (nSPS) is 8.73. The van der Waals surface area contributed by atoms with Gasteiger partial charge in [0, 0.05) is 19.7 Å². The van der Waals surface area contributed by atoms with Gasteiger partial charge in [0.1, 0.15) is 0 Å². The van der Waals surface area contributed by atoms with Gasteiger partial charge in [-0.1, -0.05) is 6.92 Å². The van der Waals surface area contributed by atoms with Crippen molar-refractivity contribution in [2.45, 2.75) is 13.3 Å². The molecule has 0 aliphatic heterocycles. The van der Waals surface area contributed by atoms with Crippen LogP contribution < -0.4 is 5.32 Å². The molecule has 0 atom stereocenters. The third kappa shape index (κ3) is 25.8. The van der Waals surface area contributed by atoms with Crippen molar-refractivity contribution in [1.82, 2.24) is 5.32 Å². The highest BCUT2D eigenvalue weighted by molar-refractivity contribution is 4.39. The molecule has 0 fully saturated rings. The Morgan fingerprint density at radius 2 is 1.27 bits per heavy atom. The zero-order valence-corrected chi connectivity index (χ0v) is 7.08. The average Bonchev–Trinajstić information content (AvgIpc) is 2.06. The Bertz CT molecular complexity index is 47.0. The minimum Gasteiger partial charge on any atom is -0.396 e. The van der Waals surface area contributed by atoms with Crippen molar-refractivity contribution in [2.75, 3.05) is 32.9 Å². The second-order valence-corrected chi connectivity index (χ2v) is 1.92. The summed E-state index contributed by atoms with van der Waals surface area (Å²) in [5.74, 6) is 0. The lowest BCUT2D eigenvalue weighted by atomic mass is 10.5. The quantitative estimate of drug-likeness (QED) is 0.392. The molecule has 0 aromatic carbocycles. The molecule has 4 heteroatoms. The van der Waals surface area contributed by atoms with E-state index in [2.05, 4.69) is 5.32 Å². The summed E-state index contributed by atoms with van der Waals surface area (Å²) in [6.45, 7) is 3.67. The van der Waals surface area contributed by atoms with E-state index in [1.54, 1.807) is 0 Å². The first-order chi connectivity index (χ1) is 5.33. The SMILES string of the molecule is CCCO.OCCNCCO. The summed E-state index contributed by atoms with van der Waals surface area (Å²) >= 11 is 0. The molecule has 0 unspecified atom stereocenters. The van der Waals surface area contributed by atoms with Gasteiger partial charge in [0.15, 0.2) is 0 Å². The maximum Gasteiger partial charge on any atom is 0.0555 e. The van der Waals surface area contributed by atoms with Crippen molar-refractivity contribution in [1.29, 1.82) is 0 Å². The van der Waals surface area contributed by atoms with E-state index in [1.165, 1.54) is 0 Å². The second-order valence-electron chi connectivity index (χ2n) is 1.92. The Balaban J connectivity index is 0. The van der Waals surface area contributed by atoms with Gasteiger partial charge in [0.05, 0.1) is 13.2 Å². The van der Waals surface area contributed by atoms with Gasteiger partial charge >= 0.3 is 0 Å². The highest BCUT2D eigenvalue weighted by Gasteiger charge is 1.78. The van der Waals surface area contributed by atoms with E-state index in [9.17, 15) is 0 Å². The van der Waals surface area contributed by atoms with Crippen LogP contribution in [0, 0.1) is 0 Å². The molecule has 0 aromatic rings. The van der Waals surface area contributed by atoms with Gasteiger partial charge in [-0.15, -0.1) is 0 Å². The summed E-state index contributed by atoms with van der Waals surface area (Å²) in [6.07, 6.45) is 0.875. The molecule has 11 heavy (non-hydrogen) atoms. The lowest BCUT2D eigenvalue weighted by molar-refractivity contribution is 0.266. The number of nitrogens with one attached hydrogen (secondary N) is 1. The van der Waals surface area contributed by atoms with E-state index in [1.807, 2.05) is 6.92 Å². The Morgan fingerprint density at radius 1 is 0.909 bits per heavy atom. The minimum atomic E-state index is 0.139. The average molecular weight is 165 g/mol. The Hall–Kier alpha value is -0.160. The molecule has 4 N–H and O–H groups in total. The monoisotopic (exact) mass is 165 g/mol. The molecule has 0 spiro atoms. The molecular weight excluding hydrogens is 146 g/mol. The summed E-state index contributed by atoms with van der Waals surface area (Å²) in [5.41, 5.74) is 0. The van der Waals surface area contributed by atoms with Crippen LogP contribution in [0.2, 0.25) is 0 Å². The fourth-order valence-electron chi connectivity index (χ4n) is 0.283. The van der Waals surface area contributed by atoms with E-state index < -0.39 is 0 Å². The topological polar surface area (TPSA) is 72.7 Å². The fourth-order valence-corrected chi connectivity index (χ4v) is 0.283. The second kappa shape index (κ2) is 16.4. The summed E-state index contributed by atoms with van der Waals surface area (Å²) in [4.78, 5) is 0. The first kappa shape index (κ1) is 13.4. The zero-order chi connectivity index (χ0) is 8.95. The molecule has 0 aliphatic rings. The van der Waals surface area contributed by atoms with Crippen molar-refractivity contribution in [3.63, 3.8) is 0 Å². The summed E-state index contributed by atoms with van der Waals surface area (Å²) in [5, 5.41) is 27.0. The predicted octanol–water partition coefficient (Wildman–Crippen LogP) is -1.05. The third-order valence-corrected chi connectivity index (χ3v) is 0.801. The Kier molecular flexibility index (Phi) is 20.1. The predicted molar refractivity (Wildman–Crippen MR) is 44.4 cm³/mol. The maximum absolute atomic E-state index is 8.15. The van der Waals surface area contributed by atoms with Crippen molar-refractivity contribution in [2.24, 2.45) is 0 Å². The van der Waals surface area contributed by atoms with Crippen LogP contribution in [-0.4, -0.2) is 48.2 Å². The molecule has 70 valence electrons. The van der Waals surface area contributed by atoms with Crippen molar-refractivity contribution < 1.29 is 15.3 Å². The molecule has 0 heterocycles. The Labute approximate surface area is 67.9 Å². The van der Waals surface area contributed by atoms with Crippen LogP contribution in [0.15, 0.2) is 0 Å². The van der Waals surface area contributed by atoms with Gasteiger partial charge in [-0.2, -0.15) is 0 Å². The van der Waals surface area contributed by atoms with Crippen LogP contribution in [0.25, 0.3) is 0 Å². The number of hydrogen-bond donors (Lipinski definition) is 4. The van der Waals surface area contributed by atoms with E-state index in [0.29, 0.717) is 19.7 Å². The standard InChI is InChI=1S/C4H11NO2.C3H8O/c6-3-1-5-2-4-7;1-2-3-4/h5-7H,1-4H2;4H,2-3H2,1H3. The molecule has 4 nitrogen and oxygen atoms in total. The summed E-state index contributed by atoms with van der Waals surface area (Å²) in [7, 11) is 0. The van der Waals surface area contributed by atoms with Crippen LogP contribution >= 0.6 is 0 Å². The largest absolute Gasteiger partial charge is 0.396 e. The summed E-state index contributed by atoms with van der Waals surface area (Å²) in [6, 6.07) is 0. The number of rotatable bonds is 5. The van der Waals surface area contributed by atoms with E-state index >= 15 is 0 Å². The third-order valence-electron chi connectivity index (χ3n) is 0.801. The van der Waals surface area contributed by atoms with Gasteiger partial charge in [-0.3, -0.25) is 0 Å². The van der Waals surface area contributed by atoms with Gasteiger partial charge in [0.2, 0.25) is 0 Å². The van der Waals surface area contributed by atoms with Gasteiger partial charge < -0.3 is 20.6 Å². The van der Waals surface area contributed by atoms with Crippen LogP contribution in [0.1, 0.15) is 13.3 Å². The highest BCUT2D eigenvalue weighted by atomic mass is 16.3. The highest BCUT2D eigenvalue weighted by Crippen LogP contribution is 1.61. The van der Waals surface area contributed by atoms with Crippen molar-refractivity contribution in [3.05, 3.63) is 0 Å². The van der Waals surface area contributed by atoms with E-state index in [-0.39, 0.29) is 13.2 Å².